The lowest BCUT2D eigenvalue weighted by Crippen LogP contribution is -2.44. The zero-order valence-electron chi connectivity index (χ0n) is 27.1. The van der Waals surface area contributed by atoms with Crippen molar-refractivity contribution in [2.45, 2.75) is 76.4 Å². The van der Waals surface area contributed by atoms with Crippen LogP contribution in [0.25, 0.3) is 0 Å². The second-order valence-electron chi connectivity index (χ2n) is 13.0. The largest absolute Gasteiger partial charge is 0.497 e. The van der Waals surface area contributed by atoms with E-state index < -0.39 is 40.4 Å². The minimum absolute atomic E-state index is 0.00815. The number of esters is 1. The average molecular weight is 647 g/mol. The Kier molecular flexibility index (Phi) is 12.8. The molecule has 0 aliphatic carbocycles. The van der Waals surface area contributed by atoms with Crippen molar-refractivity contribution in [2.75, 3.05) is 40.0 Å². The van der Waals surface area contributed by atoms with E-state index >= 15 is 0 Å². The minimum Gasteiger partial charge on any atom is -0.497 e. The van der Waals surface area contributed by atoms with E-state index in [1.807, 2.05) is 44.2 Å². The van der Waals surface area contributed by atoms with Gasteiger partial charge in [0.05, 0.1) is 43.7 Å². The van der Waals surface area contributed by atoms with E-state index in [0.717, 1.165) is 18.5 Å². The molecular formula is C34H50N2O8S. The van der Waals surface area contributed by atoms with Gasteiger partial charge in [0.2, 0.25) is 10.0 Å². The standard InChI is InChI=1S/C34H50N2O8S/c1-23(2)15-16-35-29-21-42-34-33(29)31(22-43-34)44-32(38)18-26(17-25-9-7-6-8-10-25)30(37)20-36(19-24(3)4)45(39,40)28-13-11-27(41-5)12-14-28/h6-14,23-24,26,29-31,33-35,37H,15-22H2,1-5H3/t26-,29+,30-,31+,33+,34-/m1/s1. The number of carbonyl (C=O) groups excluding carboxylic acids is 1. The molecular weight excluding hydrogens is 596 g/mol. The van der Waals surface area contributed by atoms with Crippen molar-refractivity contribution in [1.82, 2.24) is 9.62 Å². The summed E-state index contributed by atoms with van der Waals surface area (Å²) in [5.74, 6) is -0.0288. The van der Waals surface area contributed by atoms with Crippen LogP contribution in [0.2, 0.25) is 0 Å². The maximum absolute atomic E-state index is 13.7. The lowest BCUT2D eigenvalue weighted by Gasteiger charge is -2.30. The predicted molar refractivity (Wildman–Crippen MR) is 171 cm³/mol. The number of hydrogen-bond donors (Lipinski definition) is 2. The number of ether oxygens (including phenoxy) is 4. The van der Waals surface area contributed by atoms with Gasteiger partial charge in [0, 0.05) is 25.0 Å². The van der Waals surface area contributed by atoms with Crippen LogP contribution in [0, 0.1) is 23.7 Å². The zero-order chi connectivity index (χ0) is 32.6. The highest BCUT2D eigenvalue weighted by atomic mass is 32.2. The number of fused-ring (bicyclic) bond motifs is 1. The van der Waals surface area contributed by atoms with Gasteiger partial charge in [-0.2, -0.15) is 4.31 Å². The number of aliphatic hydroxyl groups is 1. The molecule has 2 aliphatic heterocycles. The Labute approximate surface area is 268 Å². The van der Waals surface area contributed by atoms with E-state index in [1.165, 1.54) is 23.5 Å². The summed E-state index contributed by atoms with van der Waals surface area (Å²) in [6.45, 7) is 9.83. The first-order valence-corrected chi connectivity index (χ1v) is 17.4. The Hall–Kier alpha value is -2.54. The molecule has 0 unspecified atom stereocenters. The van der Waals surface area contributed by atoms with Crippen LogP contribution in [0.15, 0.2) is 59.5 Å². The third-order valence-corrected chi connectivity index (χ3v) is 10.3. The monoisotopic (exact) mass is 646 g/mol. The van der Waals surface area contributed by atoms with Gasteiger partial charge in [-0.15, -0.1) is 0 Å². The molecule has 10 nitrogen and oxygen atoms in total. The van der Waals surface area contributed by atoms with Crippen LogP contribution < -0.4 is 10.1 Å². The molecule has 2 aromatic rings. The molecule has 250 valence electrons. The molecule has 0 spiro atoms. The maximum Gasteiger partial charge on any atom is 0.306 e. The van der Waals surface area contributed by atoms with Crippen LogP contribution in [0.1, 0.15) is 46.1 Å². The van der Waals surface area contributed by atoms with Crippen molar-refractivity contribution in [3.05, 3.63) is 60.2 Å². The minimum atomic E-state index is -3.93. The number of hydrogen-bond acceptors (Lipinski definition) is 9. The summed E-state index contributed by atoms with van der Waals surface area (Å²) in [7, 11) is -2.42. The topological polar surface area (TPSA) is 124 Å². The Morgan fingerprint density at radius 1 is 1.00 bits per heavy atom. The molecule has 0 aromatic heterocycles. The molecule has 2 N–H and O–H groups in total. The van der Waals surface area contributed by atoms with E-state index in [2.05, 4.69) is 19.2 Å². The van der Waals surface area contributed by atoms with Gasteiger partial charge in [0.1, 0.15) is 11.9 Å². The maximum atomic E-state index is 13.7. The molecule has 0 saturated carbocycles. The Bertz CT molecular complexity index is 1310. The molecule has 2 fully saturated rings. The zero-order valence-corrected chi connectivity index (χ0v) is 27.9. The normalized spacial score (nSPS) is 23.0. The van der Waals surface area contributed by atoms with Gasteiger partial charge >= 0.3 is 5.97 Å². The highest BCUT2D eigenvalue weighted by Gasteiger charge is 2.49. The second kappa shape index (κ2) is 16.3. The third kappa shape index (κ3) is 9.73. The molecule has 0 radical (unpaired) electrons. The van der Waals surface area contributed by atoms with E-state index in [-0.39, 0.29) is 48.9 Å². The van der Waals surface area contributed by atoms with E-state index in [9.17, 15) is 18.3 Å². The van der Waals surface area contributed by atoms with Crippen molar-refractivity contribution in [3.63, 3.8) is 0 Å². The summed E-state index contributed by atoms with van der Waals surface area (Å²) >= 11 is 0. The number of aliphatic hydroxyl groups excluding tert-OH is 1. The van der Waals surface area contributed by atoms with Gasteiger partial charge in [-0.3, -0.25) is 4.79 Å². The Balaban J connectivity index is 1.48. The van der Waals surface area contributed by atoms with E-state index in [4.69, 9.17) is 18.9 Å². The average Bonchev–Trinajstić information content (AvgIpc) is 3.59. The number of methoxy groups -OCH3 is 1. The first-order chi connectivity index (χ1) is 21.5. The SMILES string of the molecule is COc1ccc(S(=O)(=O)N(CC(C)C)C[C@@H](O)[C@@H](CC(=O)O[C@H]2CO[C@H]3OC[C@H](NCCC(C)C)[C@H]32)Cc2ccccc2)cc1. The third-order valence-electron chi connectivity index (χ3n) is 8.45. The summed E-state index contributed by atoms with van der Waals surface area (Å²) < 4.78 is 51.6. The summed E-state index contributed by atoms with van der Waals surface area (Å²) in [6, 6.07) is 15.8. The molecule has 4 rings (SSSR count). The number of nitrogens with zero attached hydrogens (tertiary/aromatic N) is 1. The first-order valence-electron chi connectivity index (χ1n) is 16.0. The quantitative estimate of drug-likeness (QED) is 0.247. The van der Waals surface area contributed by atoms with Crippen molar-refractivity contribution < 1.29 is 37.3 Å². The molecule has 45 heavy (non-hydrogen) atoms. The van der Waals surface area contributed by atoms with Gasteiger partial charge in [0.25, 0.3) is 0 Å². The summed E-state index contributed by atoms with van der Waals surface area (Å²) in [4.78, 5) is 13.6. The van der Waals surface area contributed by atoms with Crippen LogP contribution in [-0.2, 0) is 35.4 Å². The van der Waals surface area contributed by atoms with Crippen LogP contribution >= 0.6 is 0 Å². The molecule has 11 heteroatoms. The summed E-state index contributed by atoms with van der Waals surface area (Å²) in [5, 5.41) is 15.1. The smallest absolute Gasteiger partial charge is 0.306 e. The molecule has 2 aromatic carbocycles. The van der Waals surface area contributed by atoms with Gasteiger partial charge < -0.3 is 29.4 Å². The number of sulfonamides is 1. The molecule has 2 saturated heterocycles. The van der Waals surface area contributed by atoms with Crippen molar-refractivity contribution >= 4 is 16.0 Å². The van der Waals surface area contributed by atoms with Crippen molar-refractivity contribution in [2.24, 2.45) is 23.7 Å². The fourth-order valence-corrected chi connectivity index (χ4v) is 7.62. The molecule has 0 bridgehead atoms. The molecule has 0 amide bonds. The molecule has 2 heterocycles. The Morgan fingerprint density at radius 2 is 1.69 bits per heavy atom. The lowest BCUT2D eigenvalue weighted by molar-refractivity contribution is -0.153. The fraction of sp³-hybridized carbons (Fsp3) is 0.618. The van der Waals surface area contributed by atoms with Crippen molar-refractivity contribution in [3.8, 4) is 5.75 Å². The van der Waals surface area contributed by atoms with Crippen LogP contribution in [-0.4, -0.2) is 88.3 Å². The van der Waals surface area contributed by atoms with Gasteiger partial charge in [-0.05, 0) is 61.1 Å². The molecule has 2 aliphatic rings. The first kappa shape index (κ1) is 35.3. The summed E-state index contributed by atoms with van der Waals surface area (Å²) in [5.41, 5.74) is 0.936. The van der Waals surface area contributed by atoms with Gasteiger partial charge in [0.15, 0.2) is 6.29 Å². The summed E-state index contributed by atoms with van der Waals surface area (Å²) in [6.07, 6.45) is -0.682. The second-order valence-corrected chi connectivity index (χ2v) is 14.9. The Morgan fingerprint density at radius 3 is 2.33 bits per heavy atom. The van der Waals surface area contributed by atoms with Crippen molar-refractivity contribution in [1.29, 1.82) is 0 Å². The predicted octanol–water partition coefficient (Wildman–Crippen LogP) is 3.87. The fourth-order valence-electron chi connectivity index (χ4n) is 5.99. The number of benzene rings is 2. The molecule has 6 atom stereocenters. The van der Waals surface area contributed by atoms with E-state index in [0.29, 0.717) is 24.7 Å². The van der Waals surface area contributed by atoms with E-state index in [1.54, 1.807) is 12.1 Å². The highest BCUT2D eigenvalue weighted by molar-refractivity contribution is 7.89. The van der Waals surface area contributed by atoms with Gasteiger partial charge in [-0.25, -0.2) is 8.42 Å². The lowest BCUT2D eigenvalue weighted by atomic mass is 9.90. The van der Waals surface area contributed by atoms with Crippen LogP contribution in [0.5, 0.6) is 5.75 Å². The van der Waals surface area contributed by atoms with Gasteiger partial charge in [-0.1, -0.05) is 58.0 Å². The highest BCUT2D eigenvalue weighted by Crippen LogP contribution is 2.34. The number of nitrogens with one attached hydrogen (secondary N) is 1. The van der Waals surface area contributed by atoms with Crippen LogP contribution in [0.4, 0.5) is 0 Å². The van der Waals surface area contributed by atoms with Crippen LogP contribution in [0.3, 0.4) is 0 Å². The number of carbonyl (C=O) groups is 1. The number of rotatable bonds is 17.